The standard InChI is InChI=1S/C16H22N4O2/c17-15(21)11-19-8-6-13(7-9-19)18-16(22)20-10-5-12-3-1-2-4-14(12)20/h1-4,13H,5-11H2,(H2,17,21)(H,18,22). The highest BCUT2D eigenvalue weighted by Crippen LogP contribution is 2.27. The zero-order valence-corrected chi connectivity index (χ0v) is 12.6. The van der Waals surface area contributed by atoms with E-state index in [1.165, 1.54) is 5.56 Å². The fourth-order valence-electron chi connectivity index (χ4n) is 3.26. The van der Waals surface area contributed by atoms with Gasteiger partial charge in [-0.2, -0.15) is 0 Å². The molecule has 0 radical (unpaired) electrons. The number of amides is 3. The first kappa shape index (κ1) is 14.8. The lowest BCUT2D eigenvalue weighted by molar-refractivity contribution is -0.119. The molecule has 2 aliphatic rings. The van der Waals surface area contributed by atoms with Gasteiger partial charge in [0.05, 0.1) is 6.54 Å². The van der Waals surface area contributed by atoms with Crippen LogP contribution in [0.15, 0.2) is 24.3 Å². The second-order valence-electron chi connectivity index (χ2n) is 6.00. The highest BCUT2D eigenvalue weighted by molar-refractivity contribution is 5.94. The molecule has 3 rings (SSSR count). The predicted octanol–water partition coefficient (Wildman–Crippen LogP) is 0.708. The summed E-state index contributed by atoms with van der Waals surface area (Å²) in [6, 6.07) is 8.20. The van der Waals surface area contributed by atoms with Gasteiger partial charge in [-0.05, 0) is 30.9 Å². The van der Waals surface area contributed by atoms with Gasteiger partial charge in [-0.15, -0.1) is 0 Å². The summed E-state index contributed by atoms with van der Waals surface area (Å²) in [6.45, 7) is 2.64. The maximum absolute atomic E-state index is 12.5. The third-order valence-corrected chi connectivity index (χ3v) is 4.43. The van der Waals surface area contributed by atoms with E-state index in [1.807, 2.05) is 28.0 Å². The molecule has 0 atom stereocenters. The van der Waals surface area contributed by atoms with E-state index in [0.717, 1.165) is 44.6 Å². The largest absolute Gasteiger partial charge is 0.369 e. The molecule has 1 saturated heterocycles. The Labute approximate surface area is 130 Å². The molecule has 0 spiro atoms. The molecule has 3 amide bonds. The van der Waals surface area contributed by atoms with Gasteiger partial charge < -0.3 is 11.1 Å². The van der Waals surface area contributed by atoms with Crippen molar-refractivity contribution < 1.29 is 9.59 Å². The van der Waals surface area contributed by atoms with Crippen molar-refractivity contribution in [2.24, 2.45) is 5.73 Å². The van der Waals surface area contributed by atoms with Gasteiger partial charge in [-0.25, -0.2) is 4.79 Å². The molecule has 3 N–H and O–H groups in total. The summed E-state index contributed by atoms with van der Waals surface area (Å²) < 4.78 is 0. The van der Waals surface area contributed by atoms with E-state index >= 15 is 0 Å². The van der Waals surface area contributed by atoms with Crippen LogP contribution in [0.4, 0.5) is 10.5 Å². The molecule has 0 aliphatic carbocycles. The zero-order chi connectivity index (χ0) is 15.5. The minimum Gasteiger partial charge on any atom is -0.369 e. The molecular weight excluding hydrogens is 280 g/mol. The number of hydrogen-bond acceptors (Lipinski definition) is 3. The SMILES string of the molecule is NC(=O)CN1CCC(NC(=O)N2CCc3ccccc32)CC1. The number of anilines is 1. The fourth-order valence-corrected chi connectivity index (χ4v) is 3.26. The number of nitrogens with two attached hydrogens (primary N) is 1. The number of para-hydroxylation sites is 1. The van der Waals surface area contributed by atoms with E-state index in [2.05, 4.69) is 11.4 Å². The van der Waals surface area contributed by atoms with Gasteiger partial charge in [0, 0.05) is 31.4 Å². The number of likely N-dealkylation sites (tertiary alicyclic amines) is 1. The first-order chi connectivity index (χ1) is 10.6. The summed E-state index contributed by atoms with van der Waals surface area (Å²) in [5.74, 6) is -0.295. The molecule has 6 heteroatoms. The van der Waals surface area contributed by atoms with Crippen molar-refractivity contribution in [1.82, 2.24) is 10.2 Å². The molecule has 0 saturated carbocycles. The monoisotopic (exact) mass is 302 g/mol. The highest BCUT2D eigenvalue weighted by atomic mass is 16.2. The van der Waals surface area contributed by atoms with Crippen LogP contribution >= 0.6 is 0 Å². The smallest absolute Gasteiger partial charge is 0.322 e. The molecule has 1 fully saturated rings. The van der Waals surface area contributed by atoms with Crippen molar-refractivity contribution in [3.63, 3.8) is 0 Å². The van der Waals surface area contributed by atoms with Gasteiger partial charge in [0.2, 0.25) is 5.91 Å². The minimum atomic E-state index is -0.295. The molecular formula is C16H22N4O2. The lowest BCUT2D eigenvalue weighted by atomic mass is 10.1. The van der Waals surface area contributed by atoms with Crippen LogP contribution in [0.1, 0.15) is 18.4 Å². The Morgan fingerprint density at radius 2 is 1.91 bits per heavy atom. The third kappa shape index (κ3) is 3.22. The van der Waals surface area contributed by atoms with E-state index in [1.54, 1.807) is 0 Å². The highest BCUT2D eigenvalue weighted by Gasteiger charge is 2.27. The van der Waals surface area contributed by atoms with E-state index in [9.17, 15) is 9.59 Å². The predicted molar refractivity (Wildman–Crippen MR) is 84.7 cm³/mol. The number of carbonyl (C=O) groups excluding carboxylic acids is 2. The first-order valence-corrected chi connectivity index (χ1v) is 7.80. The van der Waals surface area contributed by atoms with Crippen molar-refractivity contribution in [2.45, 2.75) is 25.3 Å². The summed E-state index contributed by atoms with van der Waals surface area (Å²) in [5.41, 5.74) is 7.46. The number of carbonyl (C=O) groups is 2. The van der Waals surface area contributed by atoms with E-state index in [4.69, 9.17) is 5.73 Å². The Kier molecular flexibility index (Phi) is 4.29. The summed E-state index contributed by atoms with van der Waals surface area (Å²) >= 11 is 0. The number of fused-ring (bicyclic) bond motifs is 1. The molecule has 1 aromatic carbocycles. The number of rotatable bonds is 3. The van der Waals surface area contributed by atoms with Gasteiger partial charge in [-0.1, -0.05) is 18.2 Å². The van der Waals surface area contributed by atoms with Crippen molar-refractivity contribution in [2.75, 3.05) is 31.1 Å². The van der Waals surface area contributed by atoms with Gasteiger partial charge in [0.1, 0.15) is 0 Å². The van der Waals surface area contributed by atoms with Crippen LogP contribution in [0.2, 0.25) is 0 Å². The van der Waals surface area contributed by atoms with Crippen LogP contribution in [0.3, 0.4) is 0 Å². The van der Waals surface area contributed by atoms with E-state index in [0.29, 0.717) is 6.54 Å². The van der Waals surface area contributed by atoms with Crippen LogP contribution in [-0.4, -0.2) is 49.1 Å². The minimum absolute atomic E-state index is 0.0155. The molecule has 0 unspecified atom stereocenters. The number of nitrogens with one attached hydrogen (secondary N) is 1. The van der Waals surface area contributed by atoms with Crippen LogP contribution in [0.5, 0.6) is 0 Å². The van der Waals surface area contributed by atoms with Gasteiger partial charge in [0.25, 0.3) is 0 Å². The Morgan fingerprint density at radius 3 is 2.64 bits per heavy atom. The quantitative estimate of drug-likeness (QED) is 0.863. The molecule has 0 aromatic heterocycles. The van der Waals surface area contributed by atoms with Crippen LogP contribution in [0.25, 0.3) is 0 Å². The number of benzene rings is 1. The lowest BCUT2D eigenvalue weighted by Crippen LogP contribution is -2.50. The summed E-state index contributed by atoms with van der Waals surface area (Å²) in [4.78, 5) is 27.2. The average molecular weight is 302 g/mol. The summed E-state index contributed by atoms with van der Waals surface area (Å²) in [7, 11) is 0. The Bertz CT molecular complexity index is 567. The lowest BCUT2D eigenvalue weighted by Gasteiger charge is -2.32. The maximum Gasteiger partial charge on any atom is 0.322 e. The molecule has 118 valence electrons. The normalized spacial score (nSPS) is 19.0. The molecule has 6 nitrogen and oxygen atoms in total. The van der Waals surface area contributed by atoms with Crippen molar-refractivity contribution in [1.29, 1.82) is 0 Å². The maximum atomic E-state index is 12.5. The van der Waals surface area contributed by atoms with Crippen molar-refractivity contribution >= 4 is 17.6 Å². The number of nitrogens with zero attached hydrogens (tertiary/aromatic N) is 2. The fraction of sp³-hybridized carbons (Fsp3) is 0.500. The van der Waals surface area contributed by atoms with Gasteiger partial charge in [-0.3, -0.25) is 14.6 Å². The van der Waals surface area contributed by atoms with Crippen LogP contribution in [0, 0.1) is 0 Å². The Balaban J connectivity index is 1.53. The Morgan fingerprint density at radius 1 is 1.18 bits per heavy atom. The topological polar surface area (TPSA) is 78.7 Å². The van der Waals surface area contributed by atoms with Crippen molar-refractivity contribution in [3.8, 4) is 0 Å². The van der Waals surface area contributed by atoms with Gasteiger partial charge in [0.15, 0.2) is 0 Å². The van der Waals surface area contributed by atoms with E-state index < -0.39 is 0 Å². The summed E-state index contributed by atoms with van der Waals surface area (Å²) in [5, 5.41) is 3.12. The molecule has 1 aromatic rings. The first-order valence-electron chi connectivity index (χ1n) is 7.80. The summed E-state index contributed by atoms with van der Waals surface area (Å²) in [6.07, 6.45) is 2.63. The van der Waals surface area contributed by atoms with E-state index in [-0.39, 0.29) is 18.0 Å². The van der Waals surface area contributed by atoms with Crippen LogP contribution in [-0.2, 0) is 11.2 Å². The number of urea groups is 1. The Hall–Kier alpha value is -2.08. The molecule has 2 aliphatic heterocycles. The zero-order valence-electron chi connectivity index (χ0n) is 12.6. The van der Waals surface area contributed by atoms with Crippen molar-refractivity contribution in [3.05, 3.63) is 29.8 Å². The molecule has 2 heterocycles. The number of piperidine rings is 1. The second kappa shape index (κ2) is 6.36. The third-order valence-electron chi connectivity index (χ3n) is 4.43. The average Bonchev–Trinajstić information content (AvgIpc) is 2.93. The molecule has 0 bridgehead atoms. The number of primary amides is 1. The van der Waals surface area contributed by atoms with Crippen LogP contribution < -0.4 is 16.0 Å². The second-order valence-corrected chi connectivity index (χ2v) is 6.00. The number of hydrogen-bond donors (Lipinski definition) is 2. The molecule has 22 heavy (non-hydrogen) atoms. The van der Waals surface area contributed by atoms with Gasteiger partial charge >= 0.3 is 6.03 Å².